The molecule has 2 rings (SSSR count). The first-order chi connectivity index (χ1) is 10.2. The van der Waals surface area contributed by atoms with Crippen molar-refractivity contribution in [1.82, 2.24) is 15.5 Å². The molecule has 1 heterocycles. The molecular weight excluding hydrogens is 262 g/mol. The van der Waals surface area contributed by atoms with Crippen molar-refractivity contribution in [2.45, 2.75) is 76.8 Å². The van der Waals surface area contributed by atoms with Gasteiger partial charge in [-0.1, -0.05) is 32.1 Å². The molecule has 2 atom stereocenters. The Labute approximate surface area is 130 Å². The maximum Gasteiger partial charge on any atom is 0.317 e. The molecule has 2 amide bonds. The van der Waals surface area contributed by atoms with E-state index in [1.54, 1.807) is 0 Å². The second kappa shape index (κ2) is 8.62. The van der Waals surface area contributed by atoms with Crippen LogP contribution in [0.25, 0.3) is 0 Å². The molecule has 0 aromatic rings. The summed E-state index contributed by atoms with van der Waals surface area (Å²) in [5, 5.41) is 6.64. The van der Waals surface area contributed by atoms with Crippen LogP contribution in [0.1, 0.15) is 64.7 Å². The summed E-state index contributed by atoms with van der Waals surface area (Å²) in [5.74, 6) is 0.793. The molecule has 1 saturated heterocycles. The van der Waals surface area contributed by atoms with Gasteiger partial charge in [-0.15, -0.1) is 0 Å². The number of rotatable bonds is 5. The van der Waals surface area contributed by atoms with Crippen LogP contribution in [0.3, 0.4) is 0 Å². The quantitative estimate of drug-likeness (QED) is 0.818. The van der Waals surface area contributed by atoms with Crippen molar-refractivity contribution in [2.75, 3.05) is 20.1 Å². The van der Waals surface area contributed by atoms with Crippen molar-refractivity contribution in [3.8, 4) is 0 Å². The highest BCUT2D eigenvalue weighted by atomic mass is 16.2. The minimum atomic E-state index is 0.151. The molecule has 2 fully saturated rings. The maximum atomic E-state index is 12.5. The number of carbonyl (C=O) groups is 1. The first-order valence-electron chi connectivity index (χ1n) is 8.93. The van der Waals surface area contributed by atoms with Gasteiger partial charge in [0.1, 0.15) is 0 Å². The highest BCUT2D eigenvalue weighted by molar-refractivity contribution is 5.74. The standard InChI is InChI=1S/C17H33N3O/c1-14(18-2)16(13-15-9-5-3-6-10-15)19-17(21)20-11-7-4-8-12-20/h14-16,18H,3-13H2,1-2H3,(H,19,21). The van der Waals surface area contributed by atoms with E-state index >= 15 is 0 Å². The number of hydrogen-bond acceptors (Lipinski definition) is 2. The zero-order chi connectivity index (χ0) is 15.1. The van der Waals surface area contributed by atoms with Crippen LogP contribution in [0, 0.1) is 5.92 Å². The van der Waals surface area contributed by atoms with Crippen LogP contribution >= 0.6 is 0 Å². The molecule has 0 radical (unpaired) electrons. The third-order valence-corrected chi connectivity index (χ3v) is 5.32. The van der Waals surface area contributed by atoms with Gasteiger partial charge >= 0.3 is 6.03 Å². The van der Waals surface area contributed by atoms with Crippen LogP contribution in [0.2, 0.25) is 0 Å². The fourth-order valence-corrected chi connectivity index (χ4v) is 3.72. The average Bonchev–Trinajstić information content (AvgIpc) is 2.55. The molecule has 2 N–H and O–H groups in total. The van der Waals surface area contributed by atoms with E-state index in [2.05, 4.69) is 17.6 Å². The van der Waals surface area contributed by atoms with Crippen molar-refractivity contribution in [3.05, 3.63) is 0 Å². The minimum Gasteiger partial charge on any atom is -0.334 e. The van der Waals surface area contributed by atoms with Gasteiger partial charge in [0, 0.05) is 25.2 Å². The van der Waals surface area contributed by atoms with Crippen LogP contribution in [0.15, 0.2) is 0 Å². The zero-order valence-corrected chi connectivity index (χ0v) is 13.9. The lowest BCUT2D eigenvalue weighted by molar-refractivity contribution is 0.175. The van der Waals surface area contributed by atoms with E-state index in [1.807, 2.05) is 11.9 Å². The number of likely N-dealkylation sites (tertiary alicyclic amines) is 1. The number of urea groups is 1. The molecule has 4 heteroatoms. The van der Waals surface area contributed by atoms with E-state index in [0.29, 0.717) is 6.04 Å². The average molecular weight is 295 g/mol. The summed E-state index contributed by atoms with van der Waals surface area (Å²) in [6.07, 6.45) is 11.5. The molecule has 0 bridgehead atoms. The monoisotopic (exact) mass is 295 g/mol. The molecule has 0 aromatic carbocycles. The fourth-order valence-electron chi connectivity index (χ4n) is 3.72. The molecule has 4 nitrogen and oxygen atoms in total. The number of piperidine rings is 1. The normalized spacial score (nSPS) is 23.6. The molecule has 1 saturated carbocycles. The number of amides is 2. The van der Waals surface area contributed by atoms with Gasteiger partial charge in [0.2, 0.25) is 0 Å². The topological polar surface area (TPSA) is 44.4 Å². The molecule has 1 aliphatic carbocycles. The van der Waals surface area contributed by atoms with Crippen molar-refractivity contribution in [3.63, 3.8) is 0 Å². The molecule has 0 aromatic heterocycles. The molecule has 1 aliphatic heterocycles. The third kappa shape index (κ3) is 5.17. The van der Waals surface area contributed by atoms with Gasteiger partial charge in [-0.25, -0.2) is 4.79 Å². The lowest BCUT2D eigenvalue weighted by Gasteiger charge is -2.34. The van der Waals surface area contributed by atoms with Crippen LogP contribution in [-0.4, -0.2) is 43.2 Å². The Hall–Kier alpha value is -0.770. The summed E-state index contributed by atoms with van der Waals surface area (Å²) in [6.45, 7) is 4.04. The zero-order valence-electron chi connectivity index (χ0n) is 13.9. The number of nitrogens with one attached hydrogen (secondary N) is 2. The Bertz CT molecular complexity index is 309. The van der Waals surface area contributed by atoms with E-state index in [1.165, 1.54) is 38.5 Å². The summed E-state index contributed by atoms with van der Waals surface area (Å²) >= 11 is 0. The predicted molar refractivity (Wildman–Crippen MR) is 87.5 cm³/mol. The van der Waals surface area contributed by atoms with E-state index in [4.69, 9.17) is 0 Å². The van der Waals surface area contributed by atoms with Gasteiger partial charge < -0.3 is 15.5 Å². The first kappa shape index (κ1) is 16.6. The minimum absolute atomic E-state index is 0.151. The van der Waals surface area contributed by atoms with Crippen molar-refractivity contribution < 1.29 is 4.79 Å². The van der Waals surface area contributed by atoms with Crippen molar-refractivity contribution in [1.29, 1.82) is 0 Å². The Balaban J connectivity index is 1.86. The first-order valence-corrected chi connectivity index (χ1v) is 8.93. The van der Waals surface area contributed by atoms with E-state index in [9.17, 15) is 4.79 Å². The van der Waals surface area contributed by atoms with E-state index in [-0.39, 0.29) is 12.1 Å². The molecule has 0 spiro atoms. The highest BCUT2D eigenvalue weighted by Gasteiger charge is 2.26. The van der Waals surface area contributed by atoms with Gasteiger partial charge in [0.25, 0.3) is 0 Å². The summed E-state index contributed by atoms with van der Waals surface area (Å²) < 4.78 is 0. The molecule has 2 unspecified atom stereocenters. The molecule has 21 heavy (non-hydrogen) atoms. The van der Waals surface area contributed by atoms with Crippen LogP contribution in [-0.2, 0) is 0 Å². The molecule has 2 aliphatic rings. The van der Waals surface area contributed by atoms with Crippen LogP contribution < -0.4 is 10.6 Å². The number of carbonyl (C=O) groups excluding carboxylic acids is 1. The largest absolute Gasteiger partial charge is 0.334 e. The van der Waals surface area contributed by atoms with Gasteiger partial charge in [0.05, 0.1) is 0 Å². The summed E-state index contributed by atoms with van der Waals surface area (Å²) in [4.78, 5) is 14.5. The Morgan fingerprint density at radius 1 is 1.10 bits per heavy atom. The SMILES string of the molecule is CNC(C)C(CC1CCCCC1)NC(=O)N1CCCCC1. The highest BCUT2D eigenvalue weighted by Crippen LogP contribution is 2.28. The second-order valence-corrected chi connectivity index (χ2v) is 6.92. The van der Waals surface area contributed by atoms with Gasteiger partial charge in [-0.2, -0.15) is 0 Å². The number of likely N-dealkylation sites (N-methyl/N-ethyl adjacent to an activating group) is 1. The predicted octanol–water partition coefficient (Wildman–Crippen LogP) is 3.13. The fraction of sp³-hybridized carbons (Fsp3) is 0.941. The Kier molecular flexibility index (Phi) is 6.81. The Morgan fingerprint density at radius 2 is 1.71 bits per heavy atom. The van der Waals surface area contributed by atoms with E-state index < -0.39 is 0 Å². The van der Waals surface area contributed by atoms with Crippen LogP contribution in [0.4, 0.5) is 4.79 Å². The lowest BCUT2D eigenvalue weighted by atomic mass is 9.83. The third-order valence-electron chi connectivity index (χ3n) is 5.32. The number of nitrogens with zero attached hydrogens (tertiary/aromatic N) is 1. The Morgan fingerprint density at radius 3 is 2.33 bits per heavy atom. The van der Waals surface area contributed by atoms with Gasteiger partial charge in [-0.3, -0.25) is 0 Å². The van der Waals surface area contributed by atoms with Gasteiger partial charge in [0.15, 0.2) is 0 Å². The summed E-state index contributed by atoms with van der Waals surface area (Å²) in [7, 11) is 1.99. The summed E-state index contributed by atoms with van der Waals surface area (Å²) in [5.41, 5.74) is 0. The van der Waals surface area contributed by atoms with Crippen molar-refractivity contribution >= 4 is 6.03 Å². The lowest BCUT2D eigenvalue weighted by Crippen LogP contribution is -2.53. The maximum absolute atomic E-state index is 12.5. The smallest absolute Gasteiger partial charge is 0.317 e. The van der Waals surface area contributed by atoms with Crippen LogP contribution in [0.5, 0.6) is 0 Å². The summed E-state index contributed by atoms with van der Waals surface area (Å²) in [6, 6.07) is 0.741. The number of hydrogen-bond donors (Lipinski definition) is 2. The molecule has 122 valence electrons. The van der Waals surface area contributed by atoms with E-state index in [0.717, 1.165) is 38.3 Å². The second-order valence-electron chi connectivity index (χ2n) is 6.92. The van der Waals surface area contributed by atoms with Crippen molar-refractivity contribution in [2.24, 2.45) is 5.92 Å². The van der Waals surface area contributed by atoms with Gasteiger partial charge in [-0.05, 0) is 45.6 Å². The molecular formula is C17H33N3O.